The summed E-state index contributed by atoms with van der Waals surface area (Å²) in [5.74, 6) is -0.829. The van der Waals surface area contributed by atoms with Crippen LogP contribution in [0.2, 0.25) is 0 Å². The number of hydrogen-bond donors (Lipinski definition) is 2. The Balaban J connectivity index is 2.17. The average Bonchev–Trinajstić information content (AvgIpc) is 2.84. The zero-order valence-corrected chi connectivity index (χ0v) is 13.1. The molecule has 2 N–H and O–H groups in total. The number of halogens is 1. The van der Waals surface area contributed by atoms with Crippen LogP contribution < -0.4 is 5.32 Å². The van der Waals surface area contributed by atoms with Gasteiger partial charge in [-0.25, -0.2) is 4.39 Å². The monoisotopic (exact) mass is 319 g/mol. The van der Waals surface area contributed by atoms with Crippen molar-refractivity contribution in [2.24, 2.45) is 0 Å². The fourth-order valence-corrected chi connectivity index (χ4v) is 2.14. The summed E-state index contributed by atoms with van der Waals surface area (Å²) in [6, 6.07) is 5.60. The van der Waals surface area contributed by atoms with Gasteiger partial charge in [-0.3, -0.25) is 9.59 Å². The lowest BCUT2D eigenvalue weighted by atomic mass is 10.1. The van der Waals surface area contributed by atoms with Crippen LogP contribution in [0.1, 0.15) is 47.2 Å². The molecule has 1 amide bonds. The van der Waals surface area contributed by atoms with Gasteiger partial charge in [-0.05, 0) is 30.7 Å². The van der Waals surface area contributed by atoms with Crippen LogP contribution in [0.4, 0.5) is 10.1 Å². The zero-order valence-electron chi connectivity index (χ0n) is 13.1. The molecule has 2 rings (SSSR count). The number of carboxylic acids is 1. The Bertz CT molecular complexity index is 749. The van der Waals surface area contributed by atoms with Crippen molar-refractivity contribution in [1.82, 2.24) is 0 Å². The van der Waals surface area contributed by atoms with E-state index in [0.717, 1.165) is 6.07 Å². The normalized spacial score (nSPS) is 10.8. The summed E-state index contributed by atoms with van der Waals surface area (Å²) >= 11 is 0. The molecular weight excluding hydrogens is 301 g/mol. The van der Waals surface area contributed by atoms with Gasteiger partial charge in [0.25, 0.3) is 5.91 Å². The average molecular weight is 319 g/mol. The Morgan fingerprint density at radius 2 is 2.00 bits per heavy atom. The van der Waals surface area contributed by atoms with Gasteiger partial charge >= 0.3 is 5.97 Å². The number of benzene rings is 1. The van der Waals surface area contributed by atoms with Gasteiger partial charge < -0.3 is 14.8 Å². The van der Waals surface area contributed by atoms with Crippen molar-refractivity contribution in [2.45, 2.75) is 33.1 Å². The molecule has 1 aromatic heterocycles. The van der Waals surface area contributed by atoms with E-state index in [1.807, 2.05) is 13.8 Å². The van der Waals surface area contributed by atoms with Gasteiger partial charge in [0.1, 0.15) is 17.3 Å². The predicted molar refractivity (Wildman–Crippen MR) is 83.2 cm³/mol. The van der Waals surface area contributed by atoms with Gasteiger partial charge in [-0.1, -0.05) is 19.9 Å². The molecule has 0 unspecified atom stereocenters. The van der Waals surface area contributed by atoms with E-state index in [-0.39, 0.29) is 17.2 Å². The lowest BCUT2D eigenvalue weighted by Gasteiger charge is -2.06. The Morgan fingerprint density at radius 1 is 1.30 bits per heavy atom. The fourth-order valence-electron chi connectivity index (χ4n) is 2.14. The van der Waals surface area contributed by atoms with Crippen molar-refractivity contribution in [2.75, 3.05) is 5.32 Å². The maximum Gasteiger partial charge on any atom is 0.307 e. The Hall–Kier alpha value is -2.63. The zero-order chi connectivity index (χ0) is 17.1. The van der Waals surface area contributed by atoms with E-state index in [4.69, 9.17) is 9.52 Å². The molecule has 1 aromatic carbocycles. The van der Waals surface area contributed by atoms with Crippen molar-refractivity contribution < 1.29 is 23.5 Å². The van der Waals surface area contributed by atoms with Crippen LogP contribution in [0.25, 0.3) is 0 Å². The third-order valence-corrected chi connectivity index (χ3v) is 3.40. The van der Waals surface area contributed by atoms with Crippen molar-refractivity contribution in [3.05, 3.63) is 52.7 Å². The van der Waals surface area contributed by atoms with Crippen LogP contribution in [0.15, 0.2) is 28.7 Å². The topological polar surface area (TPSA) is 79.5 Å². The maximum atomic E-state index is 13.8. The summed E-state index contributed by atoms with van der Waals surface area (Å²) in [7, 11) is 0. The molecule has 0 bridgehead atoms. The first kappa shape index (κ1) is 16.7. The molecule has 5 nitrogen and oxygen atoms in total. The van der Waals surface area contributed by atoms with E-state index < -0.39 is 24.1 Å². The number of carboxylic acid groups (broad SMARTS) is 1. The van der Waals surface area contributed by atoms with Gasteiger partial charge in [0, 0.05) is 11.6 Å². The molecule has 1 heterocycles. The van der Waals surface area contributed by atoms with Crippen molar-refractivity contribution in [3.63, 3.8) is 0 Å². The van der Waals surface area contributed by atoms with E-state index in [2.05, 4.69) is 5.32 Å². The summed E-state index contributed by atoms with van der Waals surface area (Å²) in [5, 5.41) is 11.3. The van der Waals surface area contributed by atoms with E-state index in [9.17, 15) is 14.0 Å². The van der Waals surface area contributed by atoms with Gasteiger partial charge in [0.15, 0.2) is 0 Å². The van der Waals surface area contributed by atoms with E-state index in [0.29, 0.717) is 17.1 Å². The van der Waals surface area contributed by atoms with Crippen LogP contribution >= 0.6 is 0 Å². The predicted octanol–water partition coefficient (Wildman–Crippen LogP) is 3.73. The summed E-state index contributed by atoms with van der Waals surface area (Å²) in [6.45, 7) is 5.60. The first-order valence-corrected chi connectivity index (χ1v) is 7.19. The lowest BCUT2D eigenvalue weighted by molar-refractivity contribution is -0.136. The largest absolute Gasteiger partial charge is 0.481 e. The first-order chi connectivity index (χ1) is 10.8. The third kappa shape index (κ3) is 3.97. The number of rotatable bonds is 5. The summed E-state index contributed by atoms with van der Waals surface area (Å²) < 4.78 is 19.3. The number of nitrogens with one attached hydrogen (secondary N) is 1. The molecule has 0 aliphatic rings. The Kier molecular flexibility index (Phi) is 4.83. The molecule has 23 heavy (non-hydrogen) atoms. The standard InChI is InChI=1S/C17H18FNO4/c1-9(2)15-8-13(10(3)23-15)17(22)19-12-5-4-11(6-16(20)21)14(18)7-12/h4-5,7-9H,6H2,1-3H3,(H,19,22)(H,20,21). The SMILES string of the molecule is Cc1oc(C(C)C)cc1C(=O)Nc1ccc(CC(=O)O)c(F)c1. The third-order valence-electron chi connectivity index (χ3n) is 3.40. The van der Waals surface area contributed by atoms with E-state index in [1.165, 1.54) is 12.1 Å². The Labute approximate surface area is 133 Å². The molecule has 0 radical (unpaired) electrons. The highest BCUT2D eigenvalue weighted by atomic mass is 19.1. The number of furan rings is 1. The summed E-state index contributed by atoms with van der Waals surface area (Å²) in [4.78, 5) is 22.9. The smallest absolute Gasteiger partial charge is 0.307 e. The molecule has 2 aromatic rings. The molecule has 0 aliphatic heterocycles. The van der Waals surface area contributed by atoms with Crippen LogP contribution in [0, 0.1) is 12.7 Å². The minimum absolute atomic E-state index is 0.0667. The van der Waals surface area contributed by atoms with Crippen molar-refractivity contribution >= 4 is 17.6 Å². The number of anilines is 1. The quantitative estimate of drug-likeness (QED) is 0.880. The fraction of sp³-hybridized carbons (Fsp3) is 0.294. The summed E-state index contributed by atoms with van der Waals surface area (Å²) in [6.07, 6.45) is -0.404. The number of carbonyl (C=O) groups is 2. The highest BCUT2D eigenvalue weighted by molar-refractivity contribution is 6.05. The Morgan fingerprint density at radius 3 is 2.52 bits per heavy atom. The minimum atomic E-state index is -1.11. The number of amides is 1. The molecule has 0 atom stereocenters. The van der Waals surface area contributed by atoms with Gasteiger partial charge in [0.05, 0.1) is 12.0 Å². The first-order valence-electron chi connectivity index (χ1n) is 7.19. The van der Waals surface area contributed by atoms with E-state index in [1.54, 1.807) is 13.0 Å². The maximum absolute atomic E-state index is 13.8. The van der Waals surface area contributed by atoms with Crippen LogP contribution in [0.5, 0.6) is 0 Å². The molecule has 122 valence electrons. The second kappa shape index (κ2) is 6.64. The van der Waals surface area contributed by atoms with Crippen LogP contribution in [0.3, 0.4) is 0 Å². The van der Waals surface area contributed by atoms with Gasteiger partial charge in [-0.15, -0.1) is 0 Å². The summed E-state index contributed by atoms with van der Waals surface area (Å²) in [5.41, 5.74) is 0.717. The second-order valence-electron chi connectivity index (χ2n) is 5.60. The molecular formula is C17H18FNO4. The van der Waals surface area contributed by atoms with Crippen LogP contribution in [-0.4, -0.2) is 17.0 Å². The second-order valence-corrected chi connectivity index (χ2v) is 5.60. The molecule has 0 fully saturated rings. The van der Waals surface area contributed by atoms with Crippen LogP contribution in [-0.2, 0) is 11.2 Å². The molecule has 0 saturated heterocycles. The minimum Gasteiger partial charge on any atom is -0.481 e. The highest BCUT2D eigenvalue weighted by Gasteiger charge is 2.17. The molecule has 0 saturated carbocycles. The molecule has 0 aliphatic carbocycles. The lowest BCUT2D eigenvalue weighted by Crippen LogP contribution is -2.12. The van der Waals surface area contributed by atoms with Crippen molar-refractivity contribution in [3.8, 4) is 0 Å². The molecule has 0 spiro atoms. The molecule has 6 heteroatoms. The van der Waals surface area contributed by atoms with Crippen molar-refractivity contribution in [1.29, 1.82) is 0 Å². The van der Waals surface area contributed by atoms with Gasteiger partial charge in [-0.2, -0.15) is 0 Å². The number of hydrogen-bond acceptors (Lipinski definition) is 3. The number of aliphatic carboxylic acids is 1. The van der Waals surface area contributed by atoms with E-state index >= 15 is 0 Å². The highest BCUT2D eigenvalue weighted by Crippen LogP contribution is 2.23. The van der Waals surface area contributed by atoms with Gasteiger partial charge in [0.2, 0.25) is 0 Å². The number of aryl methyl sites for hydroxylation is 1. The number of carbonyl (C=O) groups excluding carboxylic acids is 1.